The largest absolute Gasteiger partial charge is 0.480 e. The van der Waals surface area contributed by atoms with Crippen LogP contribution in [0.4, 0.5) is 27.6 Å². The minimum Gasteiger partial charge on any atom is -0.480 e. The summed E-state index contributed by atoms with van der Waals surface area (Å²) in [6.07, 6.45) is 1.79. The van der Waals surface area contributed by atoms with Crippen LogP contribution in [0.2, 0.25) is 0 Å². The van der Waals surface area contributed by atoms with Gasteiger partial charge in [0.2, 0.25) is 5.82 Å². The number of carboxylic acids is 1. The highest BCUT2D eigenvalue weighted by Crippen LogP contribution is 2.35. The Hall–Kier alpha value is -1.86. The van der Waals surface area contributed by atoms with Crippen LogP contribution >= 0.6 is 0 Å². The molecule has 1 aromatic rings. The highest BCUT2D eigenvalue weighted by Gasteiger charge is 2.42. The lowest BCUT2D eigenvalue weighted by Gasteiger charge is -2.35. The normalized spacial score (nSPS) is 17.6. The Bertz CT molecular complexity index is 555. The summed E-state index contributed by atoms with van der Waals surface area (Å²) in [5.74, 6) is -12.0. The summed E-state index contributed by atoms with van der Waals surface area (Å²) in [7, 11) is 0. The molecule has 1 aliphatic rings. The van der Waals surface area contributed by atoms with Crippen LogP contribution in [-0.4, -0.2) is 16.6 Å². The van der Waals surface area contributed by atoms with E-state index in [1.807, 2.05) is 5.32 Å². The van der Waals surface area contributed by atoms with Crippen molar-refractivity contribution in [2.45, 2.75) is 37.6 Å². The Morgan fingerprint density at radius 3 is 1.71 bits per heavy atom. The molecule has 116 valence electrons. The van der Waals surface area contributed by atoms with Gasteiger partial charge in [-0.05, 0) is 12.8 Å². The SMILES string of the molecule is O=C(O)C1(Nc2c(F)c(F)c(F)c(F)c2F)CCCCC1. The van der Waals surface area contributed by atoms with Gasteiger partial charge in [-0.2, -0.15) is 0 Å². The standard InChI is InChI=1S/C13H12F5NO2/c14-6-7(15)9(17)11(10(18)8(6)16)19-13(12(20)21)4-2-1-3-5-13/h19H,1-5H2,(H,20,21). The van der Waals surface area contributed by atoms with E-state index in [4.69, 9.17) is 0 Å². The second-order valence-electron chi connectivity index (χ2n) is 5.02. The van der Waals surface area contributed by atoms with Crippen molar-refractivity contribution in [3.05, 3.63) is 29.1 Å². The highest BCUT2D eigenvalue weighted by atomic mass is 19.2. The summed E-state index contributed by atoms with van der Waals surface area (Å²) < 4.78 is 66.5. The van der Waals surface area contributed by atoms with Crippen LogP contribution < -0.4 is 5.32 Å². The molecule has 0 bridgehead atoms. The number of halogens is 5. The molecule has 8 heteroatoms. The Morgan fingerprint density at radius 2 is 1.29 bits per heavy atom. The number of carboxylic acid groups (broad SMARTS) is 1. The molecule has 0 amide bonds. The predicted octanol–water partition coefficient (Wildman–Crippen LogP) is 3.58. The van der Waals surface area contributed by atoms with Crippen molar-refractivity contribution in [2.75, 3.05) is 5.32 Å². The minimum absolute atomic E-state index is 0.0435. The number of benzene rings is 1. The van der Waals surface area contributed by atoms with Gasteiger partial charge in [-0.15, -0.1) is 0 Å². The van der Waals surface area contributed by atoms with Crippen molar-refractivity contribution in [1.82, 2.24) is 0 Å². The van der Waals surface area contributed by atoms with E-state index in [9.17, 15) is 31.9 Å². The summed E-state index contributed by atoms with van der Waals surface area (Å²) in [6.45, 7) is 0. The molecule has 1 aromatic carbocycles. The topological polar surface area (TPSA) is 49.3 Å². The molecule has 2 N–H and O–H groups in total. The van der Waals surface area contributed by atoms with Crippen LogP contribution in [0, 0.1) is 29.1 Å². The summed E-state index contributed by atoms with van der Waals surface area (Å²) in [4.78, 5) is 11.4. The summed E-state index contributed by atoms with van der Waals surface area (Å²) in [5.41, 5.74) is -3.02. The highest BCUT2D eigenvalue weighted by molar-refractivity contribution is 5.83. The quantitative estimate of drug-likeness (QED) is 0.510. The second kappa shape index (κ2) is 5.50. The molecule has 3 nitrogen and oxygen atoms in total. The van der Waals surface area contributed by atoms with Gasteiger partial charge in [-0.3, -0.25) is 0 Å². The summed E-state index contributed by atoms with van der Waals surface area (Å²) >= 11 is 0. The zero-order valence-electron chi connectivity index (χ0n) is 10.8. The van der Waals surface area contributed by atoms with Crippen LogP contribution in [0.25, 0.3) is 0 Å². The lowest BCUT2D eigenvalue weighted by molar-refractivity contribution is -0.143. The summed E-state index contributed by atoms with van der Waals surface area (Å²) in [6, 6.07) is 0. The zero-order valence-corrected chi connectivity index (χ0v) is 10.8. The number of nitrogens with one attached hydrogen (secondary N) is 1. The van der Waals surface area contributed by atoms with Gasteiger partial charge in [0.15, 0.2) is 23.3 Å². The maximum absolute atomic E-state index is 13.6. The average molecular weight is 309 g/mol. The molecule has 0 aromatic heterocycles. The van der Waals surface area contributed by atoms with Crippen molar-refractivity contribution in [1.29, 1.82) is 0 Å². The van der Waals surface area contributed by atoms with Gasteiger partial charge in [0.1, 0.15) is 11.2 Å². The van der Waals surface area contributed by atoms with E-state index in [1.54, 1.807) is 0 Å². The Balaban J connectivity index is 2.49. The molecule has 0 aliphatic heterocycles. The third-order valence-electron chi connectivity index (χ3n) is 3.69. The Labute approximate surface area is 116 Å². The van der Waals surface area contributed by atoms with Gasteiger partial charge in [-0.1, -0.05) is 19.3 Å². The number of carbonyl (C=O) groups is 1. The van der Waals surface area contributed by atoms with Crippen LogP contribution in [0.3, 0.4) is 0 Å². The molecule has 1 aliphatic carbocycles. The van der Waals surface area contributed by atoms with Crippen LogP contribution in [0.15, 0.2) is 0 Å². The zero-order chi connectivity index (χ0) is 15.8. The van der Waals surface area contributed by atoms with Gasteiger partial charge in [0, 0.05) is 0 Å². The lowest BCUT2D eigenvalue weighted by atomic mass is 9.81. The molecule has 21 heavy (non-hydrogen) atoms. The first-order chi connectivity index (χ1) is 9.80. The molecule has 0 spiro atoms. The van der Waals surface area contributed by atoms with Gasteiger partial charge in [0.05, 0.1) is 0 Å². The number of rotatable bonds is 3. The molecular formula is C13H12F5NO2. The van der Waals surface area contributed by atoms with E-state index < -0.39 is 46.3 Å². The molecule has 1 saturated carbocycles. The number of hydrogen-bond donors (Lipinski definition) is 2. The average Bonchev–Trinajstić information content (AvgIpc) is 2.48. The van der Waals surface area contributed by atoms with Crippen molar-refractivity contribution in [3.8, 4) is 0 Å². The molecule has 0 radical (unpaired) electrons. The fourth-order valence-corrected chi connectivity index (χ4v) is 2.50. The van der Waals surface area contributed by atoms with E-state index >= 15 is 0 Å². The molecule has 2 rings (SSSR count). The van der Waals surface area contributed by atoms with E-state index in [0.29, 0.717) is 12.8 Å². The number of aliphatic carboxylic acids is 1. The monoisotopic (exact) mass is 309 g/mol. The number of hydrogen-bond acceptors (Lipinski definition) is 2. The Kier molecular flexibility index (Phi) is 4.06. The lowest BCUT2D eigenvalue weighted by Crippen LogP contribution is -2.48. The van der Waals surface area contributed by atoms with Crippen LogP contribution in [0.5, 0.6) is 0 Å². The van der Waals surface area contributed by atoms with E-state index in [1.165, 1.54) is 0 Å². The molecule has 0 atom stereocenters. The molecular weight excluding hydrogens is 297 g/mol. The second-order valence-corrected chi connectivity index (χ2v) is 5.02. The van der Waals surface area contributed by atoms with Crippen molar-refractivity contribution in [2.24, 2.45) is 0 Å². The first-order valence-corrected chi connectivity index (χ1v) is 6.33. The van der Waals surface area contributed by atoms with Crippen molar-refractivity contribution < 1.29 is 31.9 Å². The van der Waals surface area contributed by atoms with Gasteiger partial charge < -0.3 is 10.4 Å². The first-order valence-electron chi connectivity index (χ1n) is 6.33. The maximum atomic E-state index is 13.6. The molecule has 0 saturated heterocycles. The van der Waals surface area contributed by atoms with Crippen LogP contribution in [0.1, 0.15) is 32.1 Å². The minimum atomic E-state index is -2.27. The molecule has 1 fully saturated rings. The third kappa shape index (κ3) is 2.54. The molecule has 0 heterocycles. The Morgan fingerprint density at radius 1 is 0.857 bits per heavy atom. The molecule has 0 unspecified atom stereocenters. The maximum Gasteiger partial charge on any atom is 0.329 e. The number of anilines is 1. The van der Waals surface area contributed by atoms with Crippen molar-refractivity contribution in [3.63, 3.8) is 0 Å². The predicted molar refractivity (Wildman–Crippen MR) is 63.3 cm³/mol. The van der Waals surface area contributed by atoms with Gasteiger partial charge in [-0.25, -0.2) is 26.7 Å². The summed E-state index contributed by atoms with van der Waals surface area (Å²) in [5, 5.41) is 11.3. The fourth-order valence-electron chi connectivity index (χ4n) is 2.50. The van der Waals surface area contributed by atoms with E-state index in [2.05, 4.69) is 0 Å². The first kappa shape index (κ1) is 15.5. The van der Waals surface area contributed by atoms with Crippen molar-refractivity contribution >= 4 is 11.7 Å². The van der Waals surface area contributed by atoms with E-state index in [0.717, 1.165) is 6.42 Å². The smallest absolute Gasteiger partial charge is 0.329 e. The van der Waals surface area contributed by atoms with Gasteiger partial charge in [0.25, 0.3) is 0 Å². The van der Waals surface area contributed by atoms with Crippen LogP contribution in [-0.2, 0) is 4.79 Å². The van der Waals surface area contributed by atoms with Gasteiger partial charge >= 0.3 is 5.97 Å². The van der Waals surface area contributed by atoms with E-state index in [-0.39, 0.29) is 12.8 Å². The third-order valence-corrected chi connectivity index (χ3v) is 3.69. The fraction of sp³-hybridized carbons (Fsp3) is 0.462.